The Kier molecular flexibility index (Phi) is 6.55. The van der Waals surface area contributed by atoms with Crippen molar-refractivity contribution < 1.29 is 20.0 Å². The second kappa shape index (κ2) is 6.54. The number of hydrogen-bond donors (Lipinski definition) is 0. The molecule has 0 fully saturated rings. The second-order valence-electron chi connectivity index (χ2n) is 2.02. The van der Waals surface area contributed by atoms with Gasteiger partial charge in [-0.1, -0.05) is 29.8 Å². The Bertz CT molecular complexity index is 273. The number of hydrogen-bond acceptors (Lipinski definition) is 0. The van der Waals surface area contributed by atoms with Crippen molar-refractivity contribution in [3.8, 4) is 0 Å². The Labute approximate surface area is 93.2 Å². The van der Waals surface area contributed by atoms with Gasteiger partial charge in [0.05, 0.1) is 6.57 Å². The summed E-state index contributed by atoms with van der Waals surface area (Å²) in [6.45, 7) is 8.64. The van der Waals surface area contributed by atoms with Crippen molar-refractivity contribution in [3.05, 3.63) is 40.2 Å². The van der Waals surface area contributed by atoms with Gasteiger partial charge in [0.15, 0.2) is 0 Å². The summed E-state index contributed by atoms with van der Waals surface area (Å²) in [5.41, 5.74) is 1.49. The van der Waals surface area contributed by atoms with Crippen LogP contribution in [0.4, 0.5) is 5.69 Å². The molecule has 0 aromatic heterocycles. The minimum atomic E-state index is 0.537. The molecule has 0 N–H and O–H groups in total. The Morgan fingerprint density at radius 2 is 2.00 bits per heavy atom. The molecule has 1 nitrogen and oxygen atoms in total. The maximum absolute atomic E-state index is 6.77. The summed E-state index contributed by atoms with van der Waals surface area (Å²) < 4.78 is 0. The Balaban J connectivity index is 0.000000561. The Hall–Kier alpha value is 0.0303. The van der Waals surface area contributed by atoms with Crippen LogP contribution in [0, 0.1) is 13.5 Å². The molecule has 68 valence electrons. The predicted molar refractivity (Wildman–Crippen MR) is 48.3 cm³/mol. The fourth-order valence-corrected chi connectivity index (χ4v) is 1.03. The van der Waals surface area contributed by atoms with Crippen LogP contribution in [-0.4, -0.2) is 0 Å². The van der Waals surface area contributed by atoms with E-state index in [1.54, 1.807) is 26.1 Å². The van der Waals surface area contributed by atoms with Crippen LogP contribution in [0.15, 0.2) is 18.2 Å². The first-order valence-electron chi connectivity index (χ1n) is 2.99. The van der Waals surface area contributed by atoms with Gasteiger partial charge in [-0.15, -0.1) is 0 Å². The molecule has 1 aromatic rings. The molecule has 0 aliphatic carbocycles. The number of rotatable bonds is 0. The SMILES string of the molecule is [C-]#[N+]c1c(C)cccc1Cl.[Cl][Au]. The molecule has 1 aromatic carbocycles. The molecule has 0 amide bonds. The van der Waals surface area contributed by atoms with E-state index in [4.69, 9.17) is 18.2 Å². The van der Waals surface area contributed by atoms with Crippen LogP contribution in [0.3, 0.4) is 0 Å². The summed E-state index contributed by atoms with van der Waals surface area (Å²) in [7, 11) is 4.58. The molecule has 0 unspecified atom stereocenters. The molecule has 0 heterocycles. The average molecular weight is 384 g/mol. The van der Waals surface area contributed by atoms with Crippen LogP contribution < -0.4 is 0 Å². The first kappa shape index (κ1) is 12.0. The van der Waals surface area contributed by atoms with Crippen molar-refractivity contribution in [1.29, 1.82) is 0 Å². The van der Waals surface area contributed by atoms with Gasteiger partial charge in [0, 0.05) is 5.02 Å². The van der Waals surface area contributed by atoms with Crippen molar-refractivity contribution in [3.63, 3.8) is 0 Å². The van der Waals surface area contributed by atoms with E-state index in [0.717, 1.165) is 5.56 Å². The standard InChI is InChI=1S/C8H6ClN.Au.ClH/c1-6-4-3-5-7(9)8(6)10-2;;/h3-5H,1H3;;1H/q;+1;/p-1. The normalized spacial score (nSPS) is 8.00. The third kappa shape index (κ3) is 3.18. The third-order valence-corrected chi connectivity index (χ3v) is 1.61. The third-order valence-electron chi connectivity index (χ3n) is 1.30. The Morgan fingerprint density at radius 1 is 1.42 bits per heavy atom. The van der Waals surface area contributed by atoms with Crippen molar-refractivity contribution in [1.82, 2.24) is 0 Å². The fraction of sp³-hybridized carbons (Fsp3) is 0.125. The van der Waals surface area contributed by atoms with Crippen molar-refractivity contribution in [2.24, 2.45) is 0 Å². The van der Waals surface area contributed by atoms with Gasteiger partial charge in [-0.05, 0) is 12.5 Å². The molecule has 4 heteroatoms. The van der Waals surface area contributed by atoms with Crippen LogP contribution >= 0.6 is 20.8 Å². The van der Waals surface area contributed by atoms with E-state index >= 15 is 0 Å². The number of nitrogens with zero attached hydrogens (tertiary/aromatic N) is 1. The van der Waals surface area contributed by atoms with Gasteiger partial charge in [-0.3, -0.25) is 0 Å². The molecule has 0 bridgehead atoms. The maximum atomic E-state index is 6.77. The van der Waals surface area contributed by atoms with Crippen LogP contribution in [0.2, 0.25) is 5.02 Å². The topological polar surface area (TPSA) is 4.36 Å². The molecule has 12 heavy (non-hydrogen) atoms. The fourth-order valence-electron chi connectivity index (χ4n) is 0.765. The number of benzene rings is 1. The first-order chi connectivity index (χ1) is 5.75. The Morgan fingerprint density at radius 3 is 2.33 bits per heavy atom. The van der Waals surface area contributed by atoms with Gasteiger partial charge < -0.3 is 0 Å². The molecule has 0 saturated heterocycles. The summed E-state index contributed by atoms with van der Waals surface area (Å²) in [5.74, 6) is 0. The molecule has 0 aliphatic heterocycles. The summed E-state index contributed by atoms with van der Waals surface area (Å²) in [6.07, 6.45) is 0. The van der Waals surface area contributed by atoms with Gasteiger partial charge >= 0.3 is 29.2 Å². The van der Waals surface area contributed by atoms with Crippen LogP contribution in [0.1, 0.15) is 5.56 Å². The van der Waals surface area contributed by atoms with E-state index in [2.05, 4.69) is 14.0 Å². The van der Waals surface area contributed by atoms with Crippen molar-refractivity contribution in [2.75, 3.05) is 0 Å². The molecule has 0 aliphatic rings. The van der Waals surface area contributed by atoms with Crippen molar-refractivity contribution >= 4 is 26.5 Å². The number of halogens is 2. The van der Waals surface area contributed by atoms with Gasteiger partial charge in [0.2, 0.25) is 5.69 Å². The predicted octanol–water partition coefficient (Wildman–Crippen LogP) is 3.89. The van der Waals surface area contributed by atoms with E-state index in [9.17, 15) is 0 Å². The quantitative estimate of drug-likeness (QED) is 0.473. The van der Waals surface area contributed by atoms with Crippen LogP contribution in [0.25, 0.3) is 4.85 Å². The average Bonchev–Trinajstić information content (AvgIpc) is 2.08. The molecule has 0 saturated carbocycles. The zero-order valence-electron chi connectivity index (χ0n) is 6.24. The van der Waals surface area contributed by atoms with E-state index in [-0.39, 0.29) is 0 Å². The molecular formula is C8H6AuCl2N. The summed E-state index contributed by atoms with van der Waals surface area (Å²) in [4.78, 5) is 3.29. The monoisotopic (exact) mass is 383 g/mol. The van der Waals surface area contributed by atoms with Gasteiger partial charge in [-0.25, -0.2) is 4.85 Å². The molecule has 0 atom stereocenters. The van der Waals surface area contributed by atoms with E-state index in [1.165, 1.54) is 0 Å². The van der Waals surface area contributed by atoms with E-state index < -0.39 is 0 Å². The number of aryl methyl sites for hydroxylation is 1. The summed E-state index contributed by atoms with van der Waals surface area (Å²) in [6, 6.07) is 5.44. The minimum absolute atomic E-state index is 0.537. The van der Waals surface area contributed by atoms with Gasteiger partial charge in [-0.2, -0.15) is 0 Å². The molecule has 0 spiro atoms. The van der Waals surface area contributed by atoms with E-state index in [0.29, 0.717) is 10.7 Å². The van der Waals surface area contributed by atoms with Crippen LogP contribution in [0.5, 0.6) is 0 Å². The molecule has 1 rings (SSSR count). The second-order valence-corrected chi connectivity index (χ2v) is 2.42. The summed E-state index contributed by atoms with van der Waals surface area (Å²) >= 11 is 7.47. The van der Waals surface area contributed by atoms with Gasteiger partial charge in [0.25, 0.3) is 0 Å². The summed E-state index contributed by atoms with van der Waals surface area (Å²) in [5, 5.41) is 0.537. The molecule has 0 radical (unpaired) electrons. The van der Waals surface area contributed by atoms with Crippen molar-refractivity contribution in [2.45, 2.75) is 6.92 Å². The zero-order chi connectivity index (χ0) is 9.56. The van der Waals surface area contributed by atoms with Gasteiger partial charge in [0.1, 0.15) is 0 Å². The van der Waals surface area contributed by atoms with Crippen LogP contribution in [-0.2, 0) is 20.0 Å². The molecular weight excluding hydrogens is 378 g/mol. The number of para-hydroxylation sites is 1. The van der Waals surface area contributed by atoms with E-state index in [1.807, 2.05) is 19.1 Å². The first-order valence-corrected chi connectivity index (χ1v) is 6.06. The zero-order valence-corrected chi connectivity index (χ0v) is 9.92.